The lowest BCUT2D eigenvalue weighted by Gasteiger charge is -2.16. The molecule has 0 aliphatic carbocycles. The molecule has 0 atom stereocenters. The van der Waals surface area contributed by atoms with Crippen molar-refractivity contribution < 1.29 is 18.9 Å². The normalized spacial score (nSPS) is 10.7. The van der Waals surface area contributed by atoms with Crippen LogP contribution in [-0.4, -0.2) is 12.5 Å². The predicted octanol–water partition coefficient (Wildman–Crippen LogP) is 3.26. The van der Waals surface area contributed by atoms with Crippen LogP contribution in [0, 0.1) is 11.6 Å². The lowest BCUT2D eigenvalue weighted by atomic mass is 9.99. The van der Waals surface area contributed by atoms with Crippen LogP contribution in [0.2, 0.25) is 0 Å². The average Bonchev–Trinajstić information content (AvgIpc) is 2.67. The highest BCUT2D eigenvalue weighted by atomic mass is 19.1. The van der Waals surface area contributed by atoms with Crippen LogP contribution in [-0.2, 0) is 4.79 Å². The molecule has 132 valence electrons. The zero-order valence-corrected chi connectivity index (χ0v) is 14.0. The van der Waals surface area contributed by atoms with Crippen LogP contribution in [0.15, 0.2) is 78.9 Å². The molecule has 0 bridgehead atoms. The number of para-hydroxylation sites is 1. The smallest absolute Gasteiger partial charge is 0.279 e. The van der Waals surface area contributed by atoms with Gasteiger partial charge in [0.1, 0.15) is 23.4 Å². The average molecular weight is 353 g/mol. The first-order chi connectivity index (χ1) is 12.6. The second-order valence-electron chi connectivity index (χ2n) is 5.88. The van der Waals surface area contributed by atoms with E-state index in [1.165, 1.54) is 6.07 Å². The maximum atomic E-state index is 13.7. The van der Waals surface area contributed by atoms with Gasteiger partial charge in [0, 0.05) is 11.1 Å². The molecule has 0 saturated heterocycles. The predicted molar refractivity (Wildman–Crippen MR) is 96.5 cm³/mol. The molecule has 3 rings (SSSR count). The van der Waals surface area contributed by atoms with Gasteiger partial charge in [0.25, 0.3) is 5.91 Å². The number of halogens is 2. The van der Waals surface area contributed by atoms with Crippen LogP contribution >= 0.6 is 0 Å². The van der Waals surface area contributed by atoms with Crippen molar-refractivity contribution in [3.05, 3.63) is 102 Å². The van der Waals surface area contributed by atoms with Crippen LogP contribution < -0.4 is 10.6 Å². The molecule has 5 heteroatoms. The molecule has 0 heterocycles. The fourth-order valence-electron chi connectivity index (χ4n) is 2.82. The van der Waals surface area contributed by atoms with Crippen molar-refractivity contribution in [2.24, 2.45) is 0 Å². The van der Waals surface area contributed by atoms with E-state index in [1.807, 2.05) is 66.0 Å². The van der Waals surface area contributed by atoms with E-state index in [4.69, 9.17) is 0 Å². The number of quaternary nitrogens is 1. The summed E-state index contributed by atoms with van der Waals surface area (Å²) in [5, 5.41) is 4.16. The Kier molecular flexibility index (Phi) is 5.71. The molecule has 3 N–H and O–H groups in total. The minimum absolute atomic E-state index is 0.0300. The number of rotatable bonds is 6. The number of hydrogen-bond donors (Lipinski definition) is 2. The highest BCUT2D eigenvalue weighted by Crippen LogP contribution is 2.19. The number of benzene rings is 3. The maximum Gasteiger partial charge on any atom is 0.279 e. The largest absolute Gasteiger partial charge is 0.328 e. The standard InChI is InChI=1S/C21H18F2N2O/c22-17-12-7-13-18(23)21(17)25-19(26)14-24-20(15-8-3-1-4-9-15)16-10-5-2-6-11-16/h1-13,20,24H,14H2,(H,25,26)/p+1. The highest BCUT2D eigenvalue weighted by molar-refractivity contribution is 5.91. The van der Waals surface area contributed by atoms with Crippen LogP contribution in [0.5, 0.6) is 0 Å². The summed E-state index contributed by atoms with van der Waals surface area (Å²) in [6.07, 6.45) is 0. The van der Waals surface area contributed by atoms with Gasteiger partial charge in [-0.15, -0.1) is 0 Å². The van der Waals surface area contributed by atoms with Gasteiger partial charge >= 0.3 is 0 Å². The van der Waals surface area contributed by atoms with Gasteiger partial charge in [0.05, 0.1) is 0 Å². The molecule has 0 spiro atoms. The Hall–Kier alpha value is -3.05. The summed E-state index contributed by atoms with van der Waals surface area (Å²) in [5.41, 5.74) is 1.68. The molecule has 0 fully saturated rings. The van der Waals surface area contributed by atoms with Gasteiger partial charge in [-0.05, 0) is 12.1 Å². The van der Waals surface area contributed by atoms with Crippen molar-refractivity contribution in [3.8, 4) is 0 Å². The molecule has 0 saturated carbocycles. The molecule has 1 amide bonds. The minimum Gasteiger partial charge on any atom is -0.328 e. The van der Waals surface area contributed by atoms with Gasteiger partial charge in [0.2, 0.25) is 0 Å². The van der Waals surface area contributed by atoms with Gasteiger partial charge < -0.3 is 10.6 Å². The van der Waals surface area contributed by atoms with E-state index >= 15 is 0 Å². The summed E-state index contributed by atoms with van der Waals surface area (Å²) in [6.45, 7) is 0.0300. The maximum absolute atomic E-state index is 13.7. The van der Waals surface area contributed by atoms with Gasteiger partial charge in [-0.2, -0.15) is 0 Å². The number of carbonyl (C=O) groups excluding carboxylic acids is 1. The summed E-state index contributed by atoms with van der Waals surface area (Å²) in [7, 11) is 0. The summed E-state index contributed by atoms with van der Waals surface area (Å²) >= 11 is 0. The fraction of sp³-hybridized carbons (Fsp3) is 0.0952. The lowest BCUT2D eigenvalue weighted by molar-refractivity contribution is -0.676. The monoisotopic (exact) mass is 353 g/mol. The van der Waals surface area contributed by atoms with Crippen molar-refractivity contribution in [2.75, 3.05) is 11.9 Å². The third-order valence-electron chi connectivity index (χ3n) is 4.08. The number of amides is 1. The van der Waals surface area contributed by atoms with E-state index in [9.17, 15) is 13.6 Å². The summed E-state index contributed by atoms with van der Waals surface area (Å²) in [6, 6.07) is 23.0. The van der Waals surface area contributed by atoms with E-state index in [2.05, 4.69) is 5.32 Å². The SMILES string of the molecule is O=C(C[NH2+]C(c1ccccc1)c1ccccc1)Nc1c(F)cccc1F. The van der Waals surface area contributed by atoms with E-state index in [0.29, 0.717) is 0 Å². The molecule has 26 heavy (non-hydrogen) atoms. The summed E-state index contributed by atoms with van der Waals surface area (Å²) in [4.78, 5) is 12.2. The van der Waals surface area contributed by atoms with Gasteiger partial charge in [-0.1, -0.05) is 66.7 Å². The van der Waals surface area contributed by atoms with E-state index in [0.717, 1.165) is 23.3 Å². The van der Waals surface area contributed by atoms with E-state index in [-0.39, 0.29) is 12.6 Å². The zero-order chi connectivity index (χ0) is 18.4. The number of carbonyl (C=O) groups is 1. The van der Waals surface area contributed by atoms with Crippen LogP contribution in [0.4, 0.5) is 14.5 Å². The fourth-order valence-corrected chi connectivity index (χ4v) is 2.82. The molecule has 3 nitrogen and oxygen atoms in total. The zero-order valence-electron chi connectivity index (χ0n) is 14.0. The van der Waals surface area contributed by atoms with Gasteiger partial charge in [0.15, 0.2) is 6.54 Å². The Morgan fingerprint density at radius 3 is 1.81 bits per heavy atom. The van der Waals surface area contributed by atoms with Crippen molar-refractivity contribution in [3.63, 3.8) is 0 Å². The minimum atomic E-state index is -0.791. The Morgan fingerprint density at radius 2 is 1.31 bits per heavy atom. The molecule has 0 unspecified atom stereocenters. The van der Waals surface area contributed by atoms with Crippen LogP contribution in [0.1, 0.15) is 17.2 Å². The number of hydrogen-bond acceptors (Lipinski definition) is 1. The molecule has 0 radical (unpaired) electrons. The Balaban J connectivity index is 1.73. The molecule has 0 aliphatic rings. The first-order valence-electron chi connectivity index (χ1n) is 8.32. The summed E-state index contributed by atoms with van der Waals surface area (Å²) in [5.74, 6) is -2.05. The van der Waals surface area contributed by atoms with E-state index < -0.39 is 23.2 Å². The van der Waals surface area contributed by atoms with Crippen molar-refractivity contribution in [1.82, 2.24) is 0 Å². The van der Waals surface area contributed by atoms with Crippen LogP contribution in [0.3, 0.4) is 0 Å². The molecule has 3 aromatic carbocycles. The first-order valence-corrected chi connectivity index (χ1v) is 8.32. The molecule has 0 aromatic heterocycles. The van der Waals surface area contributed by atoms with Crippen molar-refractivity contribution in [1.29, 1.82) is 0 Å². The molecular weight excluding hydrogens is 334 g/mol. The molecule has 3 aromatic rings. The van der Waals surface area contributed by atoms with Gasteiger partial charge in [-0.3, -0.25) is 4.79 Å². The Morgan fingerprint density at radius 1 is 0.808 bits per heavy atom. The number of anilines is 1. The Bertz CT molecular complexity index is 810. The lowest BCUT2D eigenvalue weighted by Crippen LogP contribution is -2.87. The van der Waals surface area contributed by atoms with Crippen molar-refractivity contribution in [2.45, 2.75) is 6.04 Å². The number of nitrogens with two attached hydrogens (primary N) is 1. The number of nitrogens with one attached hydrogen (secondary N) is 1. The van der Waals surface area contributed by atoms with E-state index in [1.54, 1.807) is 0 Å². The first kappa shape index (κ1) is 17.8. The highest BCUT2D eigenvalue weighted by Gasteiger charge is 2.19. The second kappa shape index (κ2) is 8.36. The third kappa shape index (κ3) is 4.32. The van der Waals surface area contributed by atoms with Crippen molar-refractivity contribution >= 4 is 11.6 Å². The van der Waals surface area contributed by atoms with Crippen LogP contribution in [0.25, 0.3) is 0 Å². The second-order valence-corrected chi connectivity index (χ2v) is 5.88. The Labute approximate surface area is 150 Å². The summed E-state index contributed by atoms with van der Waals surface area (Å²) < 4.78 is 27.3. The molecular formula is C21H19F2N2O+. The van der Waals surface area contributed by atoms with Gasteiger partial charge in [-0.25, -0.2) is 8.78 Å². The quantitative estimate of drug-likeness (QED) is 0.702. The topological polar surface area (TPSA) is 45.7 Å². The molecule has 0 aliphatic heterocycles. The third-order valence-corrected chi connectivity index (χ3v) is 4.08.